The van der Waals surface area contributed by atoms with Gasteiger partial charge in [0, 0.05) is 24.9 Å². The third-order valence-corrected chi connectivity index (χ3v) is 4.08. The molecule has 1 aromatic carbocycles. The fraction of sp³-hybridized carbons (Fsp3) is 0.316. The topological polar surface area (TPSA) is 74.9 Å². The number of anilines is 1. The Morgan fingerprint density at radius 2 is 2.00 bits per heavy atom. The smallest absolute Gasteiger partial charge is 0.244 e. The van der Waals surface area contributed by atoms with Crippen molar-refractivity contribution in [2.75, 3.05) is 37.8 Å². The number of hydrogen-bond acceptors (Lipinski definition) is 5. The number of aliphatic hydroxyl groups is 1. The number of amides is 1. The number of morpholine rings is 1. The summed E-state index contributed by atoms with van der Waals surface area (Å²) in [5, 5.41) is 12.1. The average Bonchev–Trinajstić information content (AvgIpc) is 3.20. The van der Waals surface area contributed by atoms with E-state index in [1.165, 1.54) is 12.3 Å². The van der Waals surface area contributed by atoms with Crippen LogP contribution >= 0.6 is 0 Å². The molecule has 1 aliphatic heterocycles. The van der Waals surface area contributed by atoms with Crippen molar-refractivity contribution in [3.05, 3.63) is 60.1 Å². The Kier molecular flexibility index (Phi) is 5.87. The Morgan fingerprint density at radius 1 is 1.24 bits per heavy atom. The quantitative estimate of drug-likeness (QED) is 0.785. The summed E-state index contributed by atoms with van der Waals surface area (Å²) in [6, 6.07) is 10.9. The molecule has 1 aromatic heterocycles. The minimum Gasteiger partial charge on any atom is -0.467 e. The zero-order valence-corrected chi connectivity index (χ0v) is 13.9. The molecular weight excluding hydrogens is 320 g/mol. The highest BCUT2D eigenvalue weighted by atomic mass is 16.5. The molecule has 2 heterocycles. The first-order valence-corrected chi connectivity index (χ1v) is 8.32. The lowest BCUT2D eigenvalue weighted by molar-refractivity contribution is -0.117. The minimum absolute atomic E-state index is 0.221. The maximum Gasteiger partial charge on any atom is 0.244 e. The van der Waals surface area contributed by atoms with Crippen molar-refractivity contribution in [1.29, 1.82) is 0 Å². The number of carbonyl (C=O) groups is 1. The van der Waals surface area contributed by atoms with Gasteiger partial charge in [-0.05, 0) is 35.9 Å². The van der Waals surface area contributed by atoms with Crippen molar-refractivity contribution >= 4 is 17.7 Å². The first-order chi connectivity index (χ1) is 12.3. The standard InChI is InChI=1S/C19H22N2O4/c22-14-17(18-2-1-11-25-18)20-19(23)8-5-15-3-6-16(7-4-15)21-9-12-24-13-10-21/h1-8,11,17,22H,9-10,12-14H2,(H,20,23)/b8-5+. The van der Waals surface area contributed by atoms with E-state index >= 15 is 0 Å². The van der Waals surface area contributed by atoms with Crippen LogP contribution in [0.15, 0.2) is 53.2 Å². The van der Waals surface area contributed by atoms with Crippen LogP contribution in [-0.4, -0.2) is 43.9 Å². The fourth-order valence-corrected chi connectivity index (χ4v) is 2.71. The molecule has 0 radical (unpaired) electrons. The molecule has 6 nitrogen and oxygen atoms in total. The summed E-state index contributed by atoms with van der Waals surface area (Å²) < 4.78 is 10.6. The van der Waals surface area contributed by atoms with E-state index in [9.17, 15) is 9.90 Å². The van der Waals surface area contributed by atoms with E-state index < -0.39 is 6.04 Å². The normalized spacial score (nSPS) is 16.1. The molecular formula is C19H22N2O4. The molecule has 1 fully saturated rings. The van der Waals surface area contributed by atoms with Gasteiger partial charge in [0.15, 0.2) is 0 Å². The molecule has 0 aliphatic carbocycles. The van der Waals surface area contributed by atoms with Crippen LogP contribution < -0.4 is 10.2 Å². The van der Waals surface area contributed by atoms with E-state index in [0.717, 1.165) is 37.6 Å². The third kappa shape index (κ3) is 4.71. The fourth-order valence-electron chi connectivity index (χ4n) is 2.71. The van der Waals surface area contributed by atoms with Crippen molar-refractivity contribution in [1.82, 2.24) is 5.32 Å². The molecule has 1 saturated heterocycles. The summed E-state index contributed by atoms with van der Waals surface area (Å²) in [6.45, 7) is 3.08. The maximum absolute atomic E-state index is 12.0. The van der Waals surface area contributed by atoms with E-state index in [4.69, 9.17) is 9.15 Å². The highest BCUT2D eigenvalue weighted by Crippen LogP contribution is 2.17. The largest absolute Gasteiger partial charge is 0.467 e. The van der Waals surface area contributed by atoms with Crippen LogP contribution in [0.5, 0.6) is 0 Å². The van der Waals surface area contributed by atoms with Crippen molar-refractivity contribution in [2.45, 2.75) is 6.04 Å². The summed E-state index contributed by atoms with van der Waals surface area (Å²) in [6.07, 6.45) is 4.71. The highest BCUT2D eigenvalue weighted by molar-refractivity contribution is 5.92. The van der Waals surface area contributed by atoms with E-state index in [2.05, 4.69) is 10.2 Å². The summed E-state index contributed by atoms with van der Waals surface area (Å²) in [7, 11) is 0. The van der Waals surface area contributed by atoms with E-state index in [1.807, 2.05) is 24.3 Å². The van der Waals surface area contributed by atoms with Crippen molar-refractivity contribution in [3.8, 4) is 0 Å². The van der Waals surface area contributed by atoms with Crippen LogP contribution in [0.3, 0.4) is 0 Å². The van der Waals surface area contributed by atoms with Crippen LogP contribution in [0.25, 0.3) is 6.08 Å². The summed E-state index contributed by atoms with van der Waals surface area (Å²) >= 11 is 0. The van der Waals surface area contributed by atoms with Crippen molar-refractivity contribution in [3.63, 3.8) is 0 Å². The van der Waals surface area contributed by atoms with Crippen LogP contribution in [-0.2, 0) is 9.53 Å². The second kappa shape index (κ2) is 8.50. The second-order valence-corrected chi connectivity index (χ2v) is 5.78. The molecule has 0 bridgehead atoms. The van der Waals surface area contributed by atoms with Gasteiger partial charge < -0.3 is 24.5 Å². The number of nitrogens with one attached hydrogen (secondary N) is 1. The van der Waals surface area contributed by atoms with Gasteiger partial charge in [-0.2, -0.15) is 0 Å². The monoisotopic (exact) mass is 342 g/mol. The van der Waals surface area contributed by atoms with Gasteiger partial charge in [0.25, 0.3) is 0 Å². The molecule has 2 N–H and O–H groups in total. The Bertz CT molecular complexity index is 689. The lowest BCUT2D eigenvalue weighted by Gasteiger charge is -2.28. The van der Waals surface area contributed by atoms with Gasteiger partial charge in [-0.25, -0.2) is 0 Å². The predicted octanol–water partition coefficient (Wildman–Crippen LogP) is 1.98. The molecule has 1 unspecified atom stereocenters. The summed E-state index contributed by atoms with van der Waals surface area (Å²) in [5.74, 6) is 0.242. The zero-order chi connectivity index (χ0) is 17.5. The third-order valence-electron chi connectivity index (χ3n) is 4.08. The first-order valence-electron chi connectivity index (χ1n) is 8.32. The van der Waals surface area contributed by atoms with Gasteiger partial charge in [0.1, 0.15) is 11.8 Å². The molecule has 1 atom stereocenters. The van der Waals surface area contributed by atoms with Gasteiger partial charge in [-0.3, -0.25) is 4.79 Å². The van der Waals surface area contributed by atoms with Gasteiger partial charge >= 0.3 is 0 Å². The van der Waals surface area contributed by atoms with Gasteiger partial charge in [0.05, 0.1) is 26.1 Å². The number of benzene rings is 1. The maximum atomic E-state index is 12.0. The summed E-state index contributed by atoms with van der Waals surface area (Å²) in [4.78, 5) is 14.3. The number of rotatable bonds is 6. The Morgan fingerprint density at radius 3 is 2.64 bits per heavy atom. The number of aliphatic hydroxyl groups excluding tert-OH is 1. The minimum atomic E-state index is -0.546. The first kappa shape index (κ1) is 17.3. The van der Waals surface area contributed by atoms with Gasteiger partial charge in [-0.15, -0.1) is 0 Å². The zero-order valence-electron chi connectivity index (χ0n) is 13.9. The Labute approximate surface area is 146 Å². The van der Waals surface area contributed by atoms with Crippen LogP contribution in [0.1, 0.15) is 17.4 Å². The van der Waals surface area contributed by atoms with Gasteiger partial charge in [-0.1, -0.05) is 12.1 Å². The summed E-state index contributed by atoms with van der Waals surface area (Å²) in [5.41, 5.74) is 2.09. The molecule has 2 aromatic rings. The SMILES string of the molecule is O=C(/C=C/c1ccc(N2CCOCC2)cc1)NC(CO)c1ccco1. The predicted molar refractivity (Wildman–Crippen MR) is 95.2 cm³/mol. The van der Waals surface area contributed by atoms with E-state index in [-0.39, 0.29) is 12.5 Å². The van der Waals surface area contributed by atoms with E-state index in [1.54, 1.807) is 18.2 Å². The highest BCUT2D eigenvalue weighted by Gasteiger charge is 2.14. The number of hydrogen-bond donors (Lipinski definition) is 2. The number of ether oxygens (including phenoxy) is 1. The molecule has 1 aliphatic rings. The van der Waals surface area contributed by atoms with Crippen LogP contribution in [0.4, 0.5) is 5.69 Å². The lowest BCUT2D eigenvalue weighted by atomic mass is 10.1. The van der Waals surface area contributed by atoms with Crippen molar-refractivity contribution < 1.29 is 19.1 Å². The molecule has 0 spiro atoms. The number of carbonyl (C=O) groups excluding carboxylic acids is 1. The molecule has 1 amide bonds. The average molecular weight is 342 g/mol. The van der Waals surface area contributed by atoms with Gasteiger partial charge in [0.2, 0.25) is 5.91 Å². The molecule has 0 saturated carbocycles. The van der Waals surface area contributed by atoms with Crippen molar-refractivity contribution in [2.24, 2.45) is 0 Å². The Balaban J connectivity index is 1.56. The van der Waals surface area contributed by atoms with E-state index in [0.29, 0.717) is 5.76 Å². The molecule has 3 rings (SSSR count). The van der Waals surface area contributed by atoms with Crippen LogP contribution in [0, 0.1) is 0 Å². The lowest BCUT2D eigenvalue weighted by Crippen LogP contribution is -2.36. The number of furan rings is 1. The Hall–Kier alpha value is -2.57. The molecule has 132 valence electrons. The second-order valence-electron chi connectivity index (χ2n) is 5.78. The number of nitrogens with zero attached hydrogens (tertiary/aromatic N) is 1. The van der Waals surface area contributed by atoms with Crippen LogP contribution in [0.2, 0.25) is 0 Å². The molecule has 6 heteroatoms. The molecule has 25 heavy (non-hydrogen) atoms.